The Balaban J connectivity index is 1.37. The lowest BCUT2D eigenvalue weighted by atomic mass is 9.81. The summed E-state index contributed by atoms with van der Waals surface area (Å²) in [7, 11) is -3.33. The summed E-state index contributed by atoms with van der Waals surface area (Å²) >= 11 is 0. The van der Waals surface area contributed by atoms with Gasteiger partial charge in [0.1, 0.15) is 5.75 Å². The van der Waals surface area contributed by atoms with Crippen molar-refractivity contribution in [2.24, 2.45) is 0 Å². The van der Waals surface area contributed by atoms with Gasteiger partial charge in [-0.3, -0.25) is 4.90 Å². The quantitative estimate of drug-likeness (QED) is 0.865. The summed E-state index contributed by atoms with van der Waals surface area (Å²) in [5, 5.41) is 9.06. The molecule has 2 aromatic rings. The second-order valence-corrected chi connectivity index (χ2v) is 10.1. The third-order valence-corrected chi connectivity index (χ3v) is 8.46. The Morgan fingerprint density at radius 1 is 0.852 bits per heavy atom. The molecule has 2 fully saturated rings. The van der Waals surface area contributed by atoms with Crippen LogP contribution in [0.4, 0.5) is 0 Å². The lowest BCUT2D eigenvalue weighted by molar-refractivity contribution is 0.182. The van der Waals surface area contributed by atoms with Crippen LogP contribution in [0.25, 0.3) is 0 Å². The molecule has 2 aromatic carbocycles. The molecule has 5 heteroatoms. The van der Waals surface area contributed by atoms with Gasteiger partial charge < -0.3 is 5.11 Å². The molecule has 1 heterocycles. The van der Waals surface area contributed by atoms with Crippen LogP contribution >= 0.6 is 0 Å². The fourth-order valence-electron chi connectivity index (χ4n) is 4.67. The number of hydrogen-bond donors (Lipinski definition) is 1. The van der Waals surface area contributed by atoms with E-state index in [9.17, 15) is 13.5 Å². The summed E-state index contributed by atoms with van der Waals surface area (Å²) in [6, 6.07) is 17.2. The zero-order valence-corrected chi connectivity index (χ0v) is 16.3. The molecule has 1 aliphatic heterocycles. The van der Waals surface area contributed by atoms with Gasteiger partial charge in [-0.25, -0.2) is 8.42 Å². The van der Waals surface area contributed by atoms with Gasteiger partial charge in [-0.2, -0.15) is 0 Å². The molecule has 1 atom stereocenters. The van der Waals surface area contributed by atoms with Gasteiger partial charge in [-0.15, -0.1) is 0 Å². The summed E-state index contributed by atoms with van der Waals surface area (Å²) in [4.78, 5) is 2.71. The topological polar surface area (TPSA) is 57.6 Å². The Kier molecular flexibility index (Phi) is 5.24. The summed E-state index contributed by atoms with van der Waals surface area (Å²) in [5.74, 6) is 0.735. The molecule has 1 unspecified atom stereocenters. The van der Waals surface area contributed by atoms with Crippen LogP contribution in [0.5, 0.6) is 5.75 Å². The molecule has 1 saturated carbocycles. The monoisotopic (exact) mass is 385 g/mol. The molecule has 4 rings (SSSR count). The number of rotatable bonds is 4. The Morgan fingerprint density at radius 3 is 2.19 bits per heavy atom. The van der Waals surface area contributed by atoms with E-state index < -0.39 is 9.84 Å². The molecule has 0 aromatic heterocycles. The number of benzene rings is 2. The predicted molar refractivity (Wildman–Crippen MR) is 107 cm³/mol. The van der Waals surface area contributed by atoms with Crippen LogP contribution in [0.3, 0.4) is 0 Å². The van der Waals surface area contributed by atoms with Crippen LogP contribution in [0.2, 0.25) is 0 Å². The van der Waals surface area contributed by atoms with Crippen LogP contribution in [-0.2, 0) is 9.84 Å². The van der Waals surface area contributed by atoms with Gasteiger partial charge in [0.05, 0.1) is 10.1 Å². The van der Waals surface area contributed by atoms with Crippen LogP contribution < -0.4 is 0 Å². The van der Waals surface area contributed by atoms with Gasteiger partial charge in [0, 0.05) is 12.6 Å². The van der Waals surface area contributed by atoms with E-state index in [4.69, 9.17) is 0 Å². The molecule has 0 spiro atoms. The van der Waals surface area contributed by atoms with Crippen molar-refractivity contribution in [2.45, 2.75) is 54.2 Å². The minimum absolute atomic E-state index is 0.0946. The van der Waals surface area contributed by atoms with Crippen LogP contribution in [0.15, 0.2) is 59.5 Å². The van der Waals surface area contributed by atoms with Crippen molar-refractivity contribution in [3.05, 3.63) is 60.2 Å². The molecule has 0 amide bonds. The normalized spacial score (nSPS) is 26.9. The number of sulfone groups is 1. The van der Waals surface area contributed by atoms with Crippen molar-refractivity contribution in [1.82, 2.24) is 4.90 Å². The standard InChI is InChI=1S/C22H27NO3S/c24-20-10-12-21(13-11-20)27(25,26)22-14-15-23(16-22)19-8-6-18(7-9-19)17-4-2-1-3-5-17/h1-5,10-13,18-19,22,24H,6-9,14-16H2. The molecule has 2 aliphatic rings. The molecule has 27 heavy (non-hydrogen) atoms. The van der Waals surface area contributed by atoms with Crippen molar-refractivity contribution in [2.75, 3.05) is 13.1 Å². The third-order valence-electron chi connectivity index (χ3n) is 6.26. The minimum Gasteiger partial charge on any atom is -0.508 e. The maximum absolute atomic E-state index is 12.9. The number of phenols is 1. The molecule has 144 valence electrons. The average Bonchev–Trinajstić information content (AvgIpc) is 3.20. The van der Waals surface area contributed by atoms with Gasteiger partial charge in [0.2, 0.25) is 0 Å². The highest BCUT2D eigenvalue weighted by atomic mass is 32.2. The highest BCUT2D eigenvalue weighted by Crippen LogP contribution is 2.36. The summed E-state index contributed by atoms with van der Waals surface area (Å²) in [5.41, 5.74) is 1.44. The zero-order chi connectivity index (χ0) is 18.9. The van der Waals surface area contributed by atoms with Gasteiger partial charge in [0.25, 0.3) is 0 Å². The van der Waals surface area contributed by atoms with E-state index in [1.807, 2.05) is 0 Å². The largest absolute Gasteiger partial charge is 0.508 e. The summed E-state index contributed by atoms with van der Waals surface area (Å²) in [6.45, 7) is 1.49. The van der Waals surface area contributed by atoms with Crippen molar-refractivity contribution in [1.29, 1.82) is 0 Å². The second-order valence-electron chi connectivity index (χ2n) is 7.86. The Labute approximate surface area is 161 Å². The number of likely N-dealkylation sites (tertiary alicyclic amines) is 1. The maximum Gasteiger partial charge on any atom is 0.182 e. The van der Waals surface area contributed by atoms with Crippen LogP contribution in [0.1, 0.15) is 43.6 Å². The first-order valence-electron chi connectivity index (χ1n) is 9.86. The molecular formula is C22H27NO3S. The number of aromatic hydroxyl groups is 1. The number of phenolic OH excluding ortho intramolecular Hbond substituents is 1. The smallest absolute Gasteiger partial charge is 0.182 e. The lowest BCUT2D eigenvalue weighted by Crippen LogP contribution is -2.37. The van der Waals surface area contributed by atoms with Crippen molar-refractivity contribution < 1.29 is 13.5 Å². The Morgan fingerprint density at radius 2 is 1.52 bits per heavy atom. The Hall–Kier alpha value is -1.85. The average molecular weight is 386 g/mol. The van der Waals surface area contributed by atoms with Gasteiger partial charge in [0.15, 0.2) is 9.84 Å². The van der Waals surface area contributed by atoms with E-state index in [1.54, 1.807) is 0 Å². The van der Waals surface area contributed by atoms with E-state index in [0.717, 1.165) is 19.4 Å². The highest BCUT2D eigenvalue weighted by molar-refractivity contribution is 7.92. The SMILES string of the molecule is O=S(=O)(c1ccc(O)cc1)C1CCN(C2CCC(c3ccccc3)CC2)C1. The fraction of sp³-hybridized carbons (Fsp3) is 0.455. The van der Waals surface area contributed by atoms with E-state index >= 15 is 0 Å². The van der Waals surface area contributed by atoms with Crippen molar-refractivity contribution >= 4 is 9.84 Å². The fourth-order valence-corrected chi connectivity index (χ4v) is 6.37. The van der Waals surface area contributed by atoms with E-state index in [0.29, 0.717) is 29.8 Å². The van der Waals surface area contributed by atoms with Gasteiger partial charge in [-0.05, 0) is 74.4 Å². The van der Waals surface area contributed by atoms with E-state index in [2.05, 4.69) is 35.2 Å². The molecule has 1 saturated heterocycles. The van der Waals surface area contributed by atoms with Crippen LogP contribution in [-0.4, -0.2) is 42.8 Å². The second kappa shape index (κ2) is 7.64. The Bertz CT molecular complexity index is 856. The van der Waals surface area contributed by atoms with Gasteiger partial charge >= 0.3 is 0 Å². The lowest BCUT2D eigenvalue weighted by Gasteiger charge is -2.35. The molecule has 1 N–H and O–H groups in total. The zero-order valence-electron chi connectivity index (χ0n) is 15.5. The molecule has 1 aliphatic carbocycles. The van der Waals surface area contributed by atoms with Gasteiger partial charge in [-0.1, -0.05) is 30.3 Å². The van der Waals surface area contributed by atoms with Crippen molar-refractivity contribution in [3.63, 3.8) is 0 Å². The first-order valence-corrected chi connectivity index (χ1v) is 11.4. The molecule has 0 bridgehead atoms. The summed E-state index contributed by atoms with van der Waals surface area (Å²) in [6.07, 6.45) is 5.35. The third kappa shape index (κ3) is 3.90. The molecular weight excluding hydrogens is 358 g/mol. The highest BCUT2D eigenvalue weighted by Gasteiger charge is 2.37. The maximum atomic E-state index is 12.9. The first kappa shape index (κ1) is 18.5. The minimum atomic E-state index is -3.33. The predicted octanol–water partition coefficient (Wildman–Crippen LogP) is 3.97. The molecule has 4 nitrogen and oxygen atoms in total. The number of hydrogen-bond acceptors (Lipinski definition) is 4. The van der Waals surface area contributed by atoms with Crippen LogP contribution in [0, 0.1) is 0 Å². The van der Waals surface area contributed by atoms with E-state index in [1.165, 1.54) is 42.7 Å². The van der Waals surface area contributed by atoms with Crippen molar-refractivity contribution in [3.8, 4) is 5.75 Å². The summed E-state index contributed by atoms with van der Waals surface area (Å²) < 4.78 is 25.8. The molecule has 0 radical (unpaired) electrons. The van der Waals surface area contributed by atoms with E-state index in [-0.39, 0.29) is 11.0 Å². The number of nitrogens with zero attached hydrogens (tertiary/aromatic N) is 1. The first-order chi connectivity index (χ1) is 13.0.